The normalized spacial score (nSPS) is 33.0. The van der Waals surface area contributed by atoms with Crippen molar-refractivity contribution in [2.45, 2.75) is 71.6 Å². The minimum atomic E-state index is 0.771. The lowest BCUT2D eigenvalue weighted by Crippen LogP contribution is -2.15. The first-order valence-corrected chi connectivity index (χ1v) is 9.55. The molecule has 2 bridgehead atoms. The van der Waals surface area contributed by atoms with Crippen LogP contribution in [0.3, 0.4) is 0 Å². The number of fused-ring (bicyclic) bond motifs is 1. The van der Waals surface area contributed by atoms with Crippen LogP contribution in [-0.2, 0) is 0 Å². The van der Waals surface area contributed by atoms with Crippen molar-refractivity contribution in [3.05, 3.63) is 46.1 Å². The smallest absolute Gasteiger partial charge is 0.00731 e. The van der Waals surface area contributed by atoms with E-state index >= 15 is 0 Å². The zero-order valence-electron chi connectivity index (χ0n) is 14.3. The van der Waals surface area contributed by atoms with Crippen LogP contribution in [0.15, 0.2) is 46.1 Å². The van der Waals surface area contributed by atoms with Gasteiger partial charge in [-0.1, -0.05) is 63.7 Å². The molecule has 0 heterocycles. The van der Waals surface area contributed by atoms with Crippen LogP contribution in [0.25, 0.3) is 0 Å². The average Bonchev–Trinajstić information content (AvgIpc) is 2.63. The second kappa shape index (κ2) is 5.87. The molecule has 2 saturated carbocycles. The van der Waals surface area contributed by atoms with E-state index in [-0.39, 0.29) is 0 Å². The lowest BCUT2D eigenvalue weighted by molar-refractivity contribution is 0.272. The van der Waals surface area contributed by atoms with Gasteiger partial charge in [0.25, 0.3) is 0 Å². The Morgan fingerprint density at radius 3 is 2.68 bits per heavy atom. The summed E-state index contributed by atoms with van der Waals surface area (Å²) in [6.45, 7) is 4.74. The monoisotopic (exact) mass is 294 g/mol. The molecule has 0 N–H and O–H groups in total. The Balaban J connectivity index is 1.26. The third-order valence-electron chi connectivity index (χ3n) is 6.54. The molecule has 0 aliphatic heterocycles. The van der Waals surface area contributed by atoms with Gasteiger partial charge in [0.1, 0.15) is 0 Å². The van der Waals surface area contributed by atoms with Crippen LogP contribution < -0.4 is 0 Å². The first-order chi connectivity index (χ1) is 10.7. The minimum Gasteiger partial charge on any atom is -0.0691 e. The maximum absolute atomic E-state index is 2.51. The van der Waals surface area contributed by atoms with Crippen molar-refractivity contribution in [2.75, 3.05) is 0 Å². The molecule has 0 radical (unpaired) electrons. The summed E-state index contributed by atoms with van der Waals surface area (Å²) >= 11 is 0. The molecule has 0 heteroatoms. The van der Waals surface area contributed by atoms with Crippen LogP contribution in [-0.4, -0.2) is 0 Å². The Labute approximate surface area is 136 Å². The van der Waals surface area contributed by atoms with Gasteiger partial charge in [-0.3, -0.25) is 0 Å². The summed E-state index contributed by atoms with van der Waals surface area (Å²) in [5.41, 5.74) is 7.98. The van der Waals surface area contributed by atoms with E-state index < -0.39 is 0 Å². The van der Waals surface area contributed by atoms with Crippen LogP contribution in [0.2, 0.25) is 0 Å². The molecule has 0 aromatic carbocycles. The zero-order valence-corrected chi connectivity index (χ0v) is 14.3. The highest BCUT2D eigenvalue weighted by Crippen LogP contribution is 2.51. The Morgan fingerprint density at radius 1 is 1.05 bits per heavy atom. The summed E-state index contributed by atoms with van der Waals surface area (Å²) in [6, 6.07) is 0. The SMILES string of the molecule is CC1=C2C3=CC(CCCCC4CCC(C)CC4)=CC1=CC2C3. The first kappa shape index (κ1) is 14.5. The van der Waals surface area contributed by atoms with Crippen molar-refractivity contribution in [1.29, 1.82) is 0 Å². The Kier molecular flexibility index (Phi) is 3.88. The van der Waals surface area contributed by atoms with Crippen molar-refractivity contribution >= 4 is 0 Å². The van der Waals surface area contributed by atoms with Crippen molar-refractivity contribution in [3.8, 4) is 0 Å². The number of allylic oxidation sites excluding steroid dienone is 8. The van der Waals surface area contributed by atoms with E-state index in [0.29, 0.717) is 0 Å². The molecule has 0 aromatic rings. The van der Waals surface area contributed by atoms with E-state index in [9.17, 15) is 0 Å². The Hall–Kier alpha value is -1.04. The van der Waals surface area contributed by atoms with Gasteiger partial charge in [0.15, 0.2) is 0 Å². The lowest BCUT2D eigenvalue weighted by Gasteiger charge is -2.29. The fourth-order valence-corrected chi connectivity index (χ4v) is 5.00. The predicted octanol–water partition coefficient (Wildman–Crippen LogP) is 6.52. The van der Waals surface area contributed by atoms with Gasteiger partial charge in [-0.2, -0.15) is 0 Å². The van der Waals surface area contributed by atoms with Gasteiger partial charge in [-0.25, -0.2) is 0 Å². The van der Waals surface area contributed by atoms with Crippen LogP contribution in [0.1, 0.15) is 71.6 Å². The quantitative estimate of drug-likeness (QED) is 0.507. The molecule has 0 saturated heterocycles. The van der Waals surface area contributed by atoms with Crippen molar-refractivity contribution in [2.24, 2.45) is 17.8 Å². The van der Waals surface area contributed by atoms with E-state index in [1.165, 1.54) is 63.4 Å². The fourth-order valence-electron chi connectivity index (χ4n) is 5.00. The van der Waals surface area contributed by atoms with Crippen LogP contribution >= 0.6 is 0 Å². The summed E-state index contributed by atoms with van der Waals surface area (Å²) in [6.07, 6.45) is 20.3. The molecular weight excluding hydrogens is 264 g/mol. The molecule has 0 amide bonds. The highest BCUT2D eigenvalue weighted by atomic mass is 14.4. The number of hydrogen-bond donors (Lipinski definition) is 0. The standard InChI is InChI=1S/C22H30/c1-15-7-9-17(10-8-15)5-3-4-6-18-11-19-13-21-14-20(12-18)22(21)16(19)2/h11-13,15,17,21H,3-10,14H2,1-2H3. The maximum atomic E-state index is 2.51. The van der Waals surface area contributed by atoms with Crippen molar-refractivity contribution in [3.63, 3.8) is 0 Å². The van der Waals surface area contributed by atoms with Crippen molar-refractivity contribution < 1.29 is 0 Å². The molecule has 0 nitrogen and oxygen atoms in total. The van der Waals surface area contributed by atoms with Gasteiger partial charge >= 0.3 is 0 Å². The molecule has 4 aliphatic carbocycles. The molecule has 4 aliphatic rings. The summed E-state index contributed by atoms with van der Waals surface area (Å²) in [5, 5.41) is 0. The fraction of sp³-hybridized carbons (Fsp3) is 0.636. The van der Waals surface area contributed by atoms with Gasteiger partial charge < -0.3 is 0 Å². The molecule has 4 rings (SSSR count). The summed E-state index contributed by atoms with van der Waals surface area (Å²) in [5.74, 6) is 2.80. The van der Waals surface area contributed by atoms with Gasteiger partial charge in [-0.05, 0) is 65.9 Å². The van der Waals surface area contributed by atoms with Gasteiger partial charge in [0.05, 0.1) is 0 Å². The lowest BCUT2D eigenvalue weighted by atomic mass is 9.74. The van der Waals surface area contributed by atoms with Crippen molar-refractivity contribution in [1.82, 2.24) is 0 Å². The summed E-state index contributed by atoms with van der Waals surface area (Å²) in [4.78, 5) is 0. The molecule has 1 atom stereocenters. The second-order valence-electron chi connectivity index (χ2n) is 8.23. The average molecular weight is 294 g/mol. The molecule has 2 fully saturated rings. The third kappa shape index (κ3) is 2.66. The summed E-state index contributed by atoms with van der Waals surface area (Å²) < 4.78 is 0. The third-order valence-corrected chi connectivity index (χ3v) is 6.54. The highest BCUT2D eigenvalue weighted by Gasteiger charge is 2.36. The minimum absolute atomic E-state index is 0.771. The van der Waals surface area contributed by atoms with E-state index in [2.05, 4.69) is 32.1 Å². The van der Waals surface area contributed by atoms with Gasteiger partial charge in [0.2, 0.25) is 0 Å². The number of unbranched alkanes of at least 4 members (excludes halogenated alkanes) is 1. The Morgan fingerprint density at radius 2 is 1.86 bits per heavy atom. The predicted molar refractivity (Wildman–Crippen MR) is 94.6 cm³/mol. The first-order valence-electron chi connectivity index (χ1n) is 9.55. The summed E-state index contributed by atoms with van der Waals surface area (Å²) in [7, 11) is 0. The van der Waals surface area contributed by atoms with Crippen LogP contribution in [0.5, 0.6) is 0 Å². The second-order valence-corrected chi connectivity index (χ2v) is 8.23. The molecule has 22 heavy (non-hydrogen) atoms. The number of rotatable bonds is 5. The Bertz CT molecular complexity index is 573. The van der Waals surface area contributed by atoms with Crippen LogP contribution in [0.4, 0.5) is 0 Å². The van der Waals surface area contributed by atoms with Gasteiger partial charge in [0, 0.05) is 5.92 Å². The zero-order chi connectivity index (χ0) is 15.1. The topological polar surface area (TPSA) is 0 Å². The van der Waals surface area contributed by atoms with E-state index in [0.717, 1.165) is 17.8 Å². The van der Waals surface area contributed by atoms with E-state index in [4.69, 9.17) is 0 Å². The van der Waals surface area contributed by atoms with E-state index in [1.54, 1.807) is 22.3 Å². The molecule has 1 unspecified atom stereocenters. The van der Waals surface area contributed by atoms with Crippen LogP contribution in [0, 0.1) is 17.8 Å². The number of hydrogen-bond acceptors (Lipinski definition) is 0. The van der Waals surface area contributed by atoms with E-state index in [1.807, 2.05) is 0 Å². The molecule has 0 spiro atoms. The molecular formula is C22H30. The molecule has 0 aromatic heterocycles. The highest BCUT2D eigenvalue weighted by molar-refractivity contribution is 5.66. The van der Waals surface area contributed by atoms with Gasteiger partial charge in [-0.15, -0.1) is 0 Å². The largest absolute Gasteiger partial charge is 0.0691 e. The molecule has 118 valence electrons. The maximum Gasteiger partial charge on any atom is 0.00731 e.